The number of aromatic nitrogens is 2. The van der Waals surface area contributed by atoms with Gasteiger partial charge in [-0.2, -0.15) is 0 Å². The Labute approximate surface area is 142 Å². The highest BCUT2D eigenvalue weighted by molar-refractivity contribution is 7.14. The average molecular weight is 339 g/mol. The molecule has 1 aliphatic rings. The Morgan fingerprint density at radius 2 is 2.08 bits per heavy atom. The molecule has 120 valence electrons. The molecule has 0 fully saturated rings. The van der Waals surface area contributed by atoms with E-state index < -0.39 is 6.10 Å². The van der Waals surface area contributed by atoms with Crippen molar-refractivity contribution in [3.63, 3.8) is 0 Å². The second-order valence-electron chi connectivity index (χ2n) is 5.13. The highest BCUT2D eigenvalue weighted by Gasteiger charge is 2.27. The summed E-state index contributed by atoms with van der Waals surface area (Å²) in [6.45, 7) is 0.170. The number of carbonyl (C=O) groups is 1. The van der Waals surface area contributed by atoms with Crippen LogP contribution in [0.2, 0.25) is 0 Å². The molecule has 1 amide bonds. The van der Waals surface area contributed by atoms with Crippen molar-refractivity contribution in [3.8, 4) is 22.8 Å². The molecule has 6 nitrogen and oxygen atoms in total. The second-order valence-corrected chi connectivity index (χ2v) is 5.99. The first-order valence-electron chi connectivity index (χ1n) is 7.35. The number of rotatable bonds is 3. The first kappa shape index (κ1) is 14.6. The van der Waals surface area contributed by atoms with Gasteiger partial charge >= 0.3 is 0 Å². The molecule has 0 bridgehead atoms. The summed E-state index contributed by atoms with van der Waals surface area (Å²) in [6.07, 6.45) is 2.73. The molecule has 0 saturated heterocycles. The van der Waals surface area contributed by atoms with Gasteiger partial charge in [-0.3, -0.25) is 15.1 Å². The molecule has 24 heavy (non-hydrogen) atoms. The van der Waals surface area contributed by atoms with E-state index in [0.717, 1.165) is 11.3 Å². The van der Waals surface area contributed by atoms with Gasteiger partial charge in [0.15, 0.2) is 16.6 Å². The number of hydrogen-bond donors (Lipinski definition) is 1. The van der Waals surface area contributed by atoms with Crippen LogP contribution in [0.25, 0.3) is 11.3 Å². The van der Waals surface area contributed by atoms with Crippen LogP contribution in [-0.4, -0.2) is 28.6 Å². The summed E-state index contributed by atoms with van der Waals surface area (Å²) in [5.41, 5.74) is 1.68. The van der Waals surface area contributed by atoms with Crippen LogP contribution in [0.3, 0.4) is 0 Å². The van der Waals surface area contributed by atoms with E-state index in [4.69, 9.17) is 9.47 Å². The van der Waals surface area contributed by atoms with Crippen LogP contribution in [0.4, 0.5) is 5.13 Å². The van der Waals surface area contributed by atoms with Gasteiger partial charge in [0.25, 0.3) is 5.91 Å². The fourth-order valence-corrected chi connectivity index (χ4v) is 3.04. The largest absolute Gasteiger partial charge is 0.485 e. The Balaban J connectivity index is 1.45. The number of ether oxygens (including phenoxy) is 2. The molecule has 1 atom stereocenters. The number of pyridine rings is 1. The van der Waals surface area contributed by atoms with E-state index in [2.05, 4.69) is 15.3 Å². The van der Waals surface area contributed by atoms with E-state index in [1.165, 1.54) is 11.3 Å². The Kier molecular flexibility index (Phi) is 3.84. The van der Waals surface area contributed by atoms with Crippen LogP contribution in [0.15, 0.2) is 54.2 Å². The molecule has 0 radical (unpaired) electrons. The highest BCUT2D eigenvalue weighted by atomic mass is 32.1. The van der Waals surface area contributed by atoms with Crippen molar-refractivity contribution in [2.24, 2.45) is 0 Å². The maximum Gasteiger partial charge on any atom is 0.270 e. The number of hydrogen-bond acceptors (Lipinski definition) is 6. The third kappa shape index (κ3) is 2.93. The smallest absolute Gasteiger partial charge is 0.270 e. The maximum atomic E-state index is 12.4. The predicted octanol–water partition coefficient (Wildman–Crippen LogP) is 2.98. The maximum absolute atomic E-state index is 12.4. The third-order valence-corrected chi connectivity index (χ3v) is 4.25. The third-order valence-electron chi connectivity index (χ3n) is 3.49. The van der Waals surface area contributed by atoms with E-state index in [1.54, 1.807) is 18.5 Å². The second kappa shape index (κ2) is 6.29. The minimum Gasteiger partial charge on any atom is -0.485 e. The van der Waals surface area contributed by atoms with Crippen LogP contribution in [0, 0.1) is 0 Å². The predicted molar refractivity (Wildman–Crippen MR) is 90.3 cm³/mol. The fraction of sp³-hybridized carbons (Fsp3) is 0.118. The molecule has 3 heterocycles. The van der Waals surface area contributed by atoms with Gasteiger partial charge in [-0.1, -0.05) is 12.1 Å². The van der Waals surface area contributed by atoms with Crippen molar-refractivity contribution in [3.05, 3.63) is 54.2 Å². The number of anilines is 1. The molecule has 1 unspecified atom stereocenters. The summed E-state index contributed by atoms with van der Waals surface area (Å²) >= 11 is 1.36. The fourth-order valence-electron chi connectivity index (χ4n) is 2.31. The molecule has 4 rings (SSSR count). The zero-order valence-corrected chi connectivity index (χ0v) is 13.3. The SMILES string of the molecule is O=C(Nc1nc(-c2cccnc2)cs1)C1COc2ccccc2O1. The normalized spacial score (nSPS) is 15.8. The number of fused-ring (bicyclic) bond motifs is 1. The number of amides is 1. The average Bonchev–Trinajstić information content (AvgIpc) is 3.10. The number of thiazole rings is 1. The monoisotopic (exact) mass is 339 g/mol. The first-order chi connectivity index (χ1) is 11.8. The summed E-state index contributed by atoms with van der Waals surface area (Å²) in [6, 6.07) is 11.0. The minimum absolute atomic E-state index is 0.170. The summed E-state index contributed by atoms with van der Waals surface area (Å²) in [5, 5.41) is 5.17. The van der Waals surface area contributed by atoms with E-state index in [-0.39, 0.29) is 12.5 Å². The number of carbonyl (C=O) groups excluding carboxylic acids is 1. The Morgan fingerprint density at radius 3 is 2.92 bits per heavy atom. The summed E-state index contributed by atoms with van der Waals surface area (Å²) in [5.74, 6) is 0.935. The molecule has 1 aliphatic heterocycles. The van der Waals surface area contributed by atoms with Crippen LogP contribution in [-0.2, 0) is 4.79 Å². The van der Waals surface area contributed by atoms with Crippen LogP contribution >= 0.6 is 11.3 Å². The van der Waals surface area contributed by atoms with E-state index in [9.17, 15) is 4.79 Å². The van der Waals surface area contributed by atoms with Gasteiger partial charge in [-0.25, -0.2) is 4.98 Å². The molecule has 7 heteroatoms. The zero-order valence-electron chi connectivity index (χ0n) is 12.5. The molecule has 0 spiro atoms. The Hall–Kier alpha value is -2.93. The molecule has 3 aromatic rings. The van der Waals surface area contributed by atoms with Crippen molar-refractivity contribution in [2.75, 3.05) is 11.9 Å². The number of benzene rings is 1. The van der Waals surface area contributed by atoms with Gasteiger partial charge < -0.3 is 9.47 Å². The quantitative estimate of drug-likeness (QED) is 0.794. The lowest BCUT2D eigenvalue weighted by atomic mass is 10.2. The molecule has 0 saturated carbocycles. The lowest BCUT2D eigenvalue weighted by molar-refractivity contribution is -0.125. The number of nitrogens with one attached hydrogen (secondary N) is 1. The van der Waals surface area contributed by atoms with E-state index in [1.807, 2.05) is 35.7 Å². The lowest BCUT2D eigenvalue weighted by Gasteiger charge is -2.25. The molecule has 0 aliphatic carbocycles. The molecule has 1 aromatic carbocycles. The van der Waals surface area contributed by atoms with Gasteiger partial charge in [0.2, 0.25) is 6.10 Å². The van der Waals surface area contributed by atoms with Crippen LogP contribution in [0.1, 0.15) is 0 Å². The Morgan fingerprint density at radius 1 is 1.21 bits per heavy atom. The van der Waals surface area contributed by atoms with Crippen molar-refractivity contribution < 1.29 is 14.3 Å². The Bertz CT molecular complexity index is 866. The van der Waals surface area contributed by atoms with Crippen molar-refractivity contribution in [1.29, 1.82) is 0 Å². The van der Waals surface area contributed by atoms with Crippen molar-refractivity contribution in [2.45, 2.75) is 6.10 Å². The summed E-state index contributed by atoms with van der Waals surface area (Å²) in [4.78, 5) is 20.8. The van der Waals surface area contributed by atoms with Gasteiger partial charge in [0, 0.05) is 23.3 Å². The molecule has 1 N–H and O–H groups in total. The number of para-hydroxylation sites is 2. The van der Waals surface area contributed by atoms with Gasteiger partial charge in [-0.15, -0.1) is 11.3 Å². The number of nitrogens with zero attached hydrogens (tertiary/aromatic N) is 2. The topological polar surface area (TPSA) is 73.3 Å². The standard InChI is InChI=1S/C17H13N3O3S/c21-16(15-9-22-13-5-1-2-6-14(13)23-15)20-17-19-12(10-24-17)11-4-3-7-18-8-11/h1-8,10,15H,9H2,(H,19,20,21). The molecular formula is C17H13N3O3S. The minimum atomic E-state index is -0.703. The van der Waals surface area contributed by atoms with Gasteiger partial charge in [0.1, 0.15) is 6.61 Å². The van der Waals surface area contributed by atoms with Crippen molar-refractivity contribution >= 4 is 22.4 Å². The van der Waals surface area contributed by atoms with Crippen LogP contribution < -0.4 is 14.8 Å². The molecular weight excluding hydrogens is 326 g/mol. The first-order valence-corrected chi connectivity index (χ1v) is 8.23. The van der Waals surface area contributed by atoms with Gasteiger partial charge in [0.05, 0.1) is 5.69 Å². The van der Waals surface area contributed by atoms with Crippen molar-refractivity contribution in [1.82, 2.24) is 9.97 Å². The lowest BCUT2D eigenvalue weighted by Crippen LogP contribution is -2.40. The van der Waals surface area contributed by atoms with E-state index >= 15 is 0 Å². The summed E-state index contributed by atoms with van der Waals surface area (Å²) < 4.78 is 11.2. The summed E-state index contributed by atoms with van der Waals surface area (Å²) in [7, 11) is 0. The zero-order chi connectivity index (χ0) is 16.4. The van der Waals surface area contributed by atoms with Gasteiger partial charge in [-0.05, 0) is 24.3 Å². The van der Waals surface area contributed by atoms with Crippen LogP contribution in [0.5, 0.6) is 11.5 Å². The van der Waals surface area contributed by atoms with E-state index in [0.29, 0.717) is 16.6 Å². The highest BCUT2D eigenvalue weighted by Crippen LogP contribution is 2.31. The molecule has 2 aromatic heterocycles.